The van der Waals surface area contributed by atoms with Gasteiger partial charge in [0.05, 0.1) is 26.3 Å². The quantitative estimate of drug-likeness (QED) is 0.643. The molecule has 0 heterocycles. The molecular weight excluding hydrogens is 279 g/mol. The van der Waals surface area contributed by atoms with E-state index < -0.39 is 10.5 Å². The molecule has 7 heteroatoms. The molecule has 1 aromatic rings. The number of benzene rings is 1. The van der Waals surface area contributed by atoms with Gasteiger partial charge in [-0.05, 0) is 13.3 Å². The van der Waals surface area contributed by atoms with Crippen LogP contribution >= 0.6 is 23.2 Å². The number of rotatable bonds is 5. The van der Waals surface area contributed by atoms with E-state index in [1.165, 1.54) is 12.1 Å². The van der Waals surface area contributed by atoms with Crippen LogP contribution in [0.5, 0.6) is 0 Å². The zero-order valence-corrected chi connectivity index (χ0v) is 11.5. The Kier molecular flexibility index (Phi) is 4.78. The van der Waals surface area contributed by atoms with Crippen LogP contribution in [-0.4, -0.2) is 22.2 Å². The molecule has 0 amide bonds. The van der Waals surface area contributed by atoms with Crippen LogP contribution in [0.2, 0.25) is 10.0 Å². The SMILES string of the molecule is CCC(C)(O)CNc1c(Cl)cc([N+](=O)[O-])cc1Cl. The number of nitrogens with one attached hydrogen (secondary N) is 1. The Morgan fingerprint density at radius 1 is 1.44 bits per heavy atom. The fourth-order valence-electron chi connectivity index (χ4n) is 1.24. The molecule has 0 aliphatic carbocycles. The van der Waals surface area contributed by atoms with Gasteiger partial charge in [0.2, 0.25) is 0 Å². The topological polar surface area (TPSA) is 75.4 Å². The first-order valence-corrected chi connectivity index (χ1v) is 6.12. The Morgan fingerprint density at radius 2 is 1.94 bits per heavy atom. The zero-order chi connectivity index (χ0) is 13.9. The lowest BCUT2D eigenvalue weighted by atomic mass is 10.0. The molecule has 5 nitrogen and oxygen atoms in total. The fourth-order valence-corrected chi connectivity index (χ4v) is 1.85. The van der Waals surface area contributed by atoms with Crippen molar-refractivity contribution < 1.29 is 10.0 Å². The number of nitro benzene ring substituents is 1. The van der Waals surface area contributed by atoms with Crippen LogP contribution in [-0.2, 0) is 0 Å². The number of aliphatic hydroxyl groups is 1. The van der Waals surface area contributed by atoms with Crippen LogP contribution in [0.1, 0.15) is 20.3 Å². The van der Waals surface area contributed by atoms with E-state index in [0.29, 0.717) is 12.1 Å². The van der Waals surface area contributed by atoms with E-state index in [0.717, 1.165) is 0 Å². The van der Waals surface area contributed by atoms with Crippen LogP contribution in [0.15, 0.2) is 12.1 Å². The summed E-state index contributed by atoms with van der Waals surface area (Å²) >= 11 is 11.8. The van der Waals surface area contributed by atoms with Gasteiger partial charge in [0, 0.05) is 18.7 Å². The number of non-ortho nitro benzene ring substituents is 1. The minimum Gasteiger partial charge on any atom is -0.388 e. The first-order chi connectivity index (χ1) is 8.26. The lowest BCUT2D eigenvalue weighted by molar-refractivity contribution is -0.384. The average molecular weight is 293 g/mol. The van der Waals surface area contributed by atoms with Crippen LogP contribution in [0, 0.1) is 10.1 Å². The van der Waals surface area contributed by atoms with E-state index in [9.17, 15) is 15.2 Å². The summed E-state index contributed by atoms with van der Waals surface area (Å²) in [6.45, 7) is 3.77. The van der Waals surface area contributed by atoms with Crippen molar-refractivity contribution in [2.24, 2.45) is 0 Å². The summed E-state index contributed by atoms with van der Waals surface area (Å²) in [6.07, 6.45) is 0.558. The molecular formula is C11H14Cl2N2O3. The lowest BCUT2D eigenvalue weighted by Crippen LogP contribution is -2.32. The number of hydrogen-bond acceptors (Lipinski definition) is 4. The van der Waals surface area contributed by atoms with Gasteiger partial charge < -0.3 is 10.4 Å². The van der Waals surface area contributed by atoms with Gasteiger partial charge in [-0.2, -0.15) is 0 Å². The number of nitro groups is 1. The van der Waals surface area contributed by atoms with Gasteiger partial charge in [-0.15, -0.1) is 0 Å². The highest BCUT2D eigenvalue weighted by Crippen LogP contribution is 2.34. The van der Waals surface area contributed by atoms with E-state index in [1.54, 1.807) is 6.92 Å². The Bertz CT molecular complexity index is 441. The van der Waals surface area contributed by atoms with Crippen LogP contribution in [0.25, 0.3) is 0 Å². The average Bonchev–Trinajstić information content (AvgIpc) is 2.27. The monoisotopic (exact) mass is 292 g/mol. The number of nitrogens with zero attached hydrogens (tertiary/aromatic N) is 1. The second-order valence-corrected chi connectivity index (χ2v) is 5.06. The summed E-state index contributed by atoms with van der Waals surface area (Å²) in [5, 5.41) is 23.7. The van der Waals surface area contributed by atoms with Crippen LogP contribution in [0.4, 0.5) is 11.4 Å². The minimum absolute atomic E-state index is 0.154. The molecule has 0 spiro atoms. The maximum absolute atomic E-state index is 10.6. The predicted octanol–water partition coefficient (Wildman–Crippen LogP) is 3.47. The maximum Gasteiger partial charge on any atom is 0.272 e. The highest BCUT2D eigenvalue weighted by Gasteiger charge is 2.20. The zero-order valence-electron chi connectivity index (χ0n) is 10.0. The summed E-state index contributed by atoms with van der Waals surface area (Å²) in [5.74, 6) is 0. The van der Waals surface area contributed by atoms with Gasteiger partial charge in [-0.25, -0.2) is 0 Å². The van der Waals surface area contributed by atoms with Crippen molar-refractivity contribution in [1.29, 1.82) is 0 Å². The van der Waals surface area contributed by atoms with Crippen LogP contribution < -0.4 is 5.32 Å². The fraction of sp³-hybridized carbons (Fsp3) is 0.455. The second-order valence-electron chi connectivity index (χ2n) is 4.25. The third-order valence-corrected chi connectivity index (χ3v) is 3.24. The molecule has 1 unspecified atom stereocenters. The summed E-state index contributed by atoms with van der Waals surface area (Å²) < 4.78 is 0. The molecule has 0 radical (unpaired) electrons. The molecule has 0 saturated heterocycles. The maximum atomic E-state index is 10.6. The third-order valence-electron chi connectivity index (χ3n) is 2.65. The summed E-state index contributed by atoms with van der Waals surface area (Å²) in [6, 6.07) is 2.44. The van der Waals surface area contributed by atoms with Gasteiger partial charge >= 0.3 is 0 Å². The molecule has 0 saturated carbocycles. The molecule has 0 aliphatic rings. The summed E-state index contributed by atoms with van der Waals surface area (Å²) in [4.78, 5) is 10.0. The molecule has 0 aromatic heterocycles. The second kappa shape index (κ2) is 5.73. The normalized spacial score (nSPS) is 14.1. The first kappa shape index (κ1) is 15.0. The standard InChI is InChI=1S/C11H14Cl2N2O3/c1-3-11(2,16)6-14-10-8(12)4-7(15(17)18)5-9(10)13/h4-5,14,16H,3,6H2,1-2H3. The van der Waals surface area contributed by atoms with Crippen molar-refractivity contribution in [3.63, 3.8) is 0 Å². The van der Waals surface area contributed by atoms with E-state index in [4.69, 9.17) is 23.2 Å². The van der Waals surface area contributed by atoms with E-state index in [2.05, 4.69) is 5.32 Å². The molecule has 100 valence electrons. The largest absolute Gasteiger partial charge is 0.388 e. The number of hydrogen-bond donors (Lipinski definition) is 2. The molecule has 1 rings (SSSR count). The van der Waals surface area contributed by atoms with Gasteiger partial charge in [-0.1, -0.05) is 30.1 Å². The Hall–Kier alpha value is -1.04. The number of anilines is 1. The van der Waals surface area contributed by atoms with Crippen LogP contribution in [0.3, 0.4) is 0 Å². The Balaban J connectivity index is 2.94. The van der Waals surface area contributed by atoms with E-state index in [1.807, 2.05) is 6.92 Å². The minimum atomic E-state index is -0.894. The molecule has 0 aliphatic heterocycles. The molecule has 18 heavy (non-hydrogen) atoms. The van der Waals surface area contributed by atoms with Gasteiger partial charge in [0.15, 0.2) is 0 Å². The van der Waals surface area contributed by atoms with Crippen molar-refractivity contribution >= 4 is 34.6 Å². The molecule has 1 aromatic carbocycles. The molecule has 0 bridgehead atoms. The van der Waals surface area contributed by atoms with E-state index in [-0.39, 0.29) is 22.3 Å². The van der Waals surface area contributed by atoms with Crippen molar-refractivity contribution in [2.75, 3.05) is 11.9 Å². The highest BCUT2D eigenvalue weighted by atomic mass is 35.5. The predicted molar refractivity (Wildman–Crippen MR) is 72.5 cm³/mol. The Labute approximate surface area is 115 Å². The van der Waals surface area contributed by atoms with Crippen molar-refractivity contribution in [3.8, 4) is 0 Å². The summed E-state index contributed by atoms with van der Waals surface area (Å²) in [7, 11) is 0. The molecule has 1 atom stereocenters. The molecule has 0 fully saturated rings. The first-order valence-electron chi connectivity index (χ1n) is 5.36. The Morgan fingerprint density at radius 3 is 2.33 bits per heavy atom. The van der Waals surface area contributed by atoms with Crippen molar-refractivity contribution in [3.05, 3.63) is 32.3 Å². The number of halogens is 2. The summed E-state index contributed by atoms with van der Waals surface area (Å²) in [5.41, 5.74) is -0.676. The van der Waals surface area contributed by atoms with Gasteiger partial charge in [-0.3, -0.25) is 10.1 Å². The highest BCUT2D eigenvalue weighted by molar-refractivity contribution is 6.39. The lowest BCUT2D eigenvalue weighted by Gasteiger charge is -2.23. The molecule has 2 N–H and O–H groups in total. The van der Waals surface area contributed by atoms with Crippen molar-refractivity contribution in [2.45, 2.75) is 25.9 Å². The van der Waals surface area contributed by atoms with Gasteiger partial charge in [0.25, 0.3) is 5.69 Å². The van der Waals surface area contributed by atoms with E-state index >= 15 is 0 Å². The van der Waals surface area contributed by atoms with Crippen molar-refractivity contribution in [1.82, 2.24) is 0 Å². The third kappa shape index (κ3) is 3.73. The van der Waals surface area contributed by atoms with Gasteiger partial charge in [0.1, 0.15) is 0 Å². The smallest absolute Gasteiger partial charge is 0.272 e.